The van der Waals surface area contributed by atoms with Crippen LogP contribution in [0.25, 0.3) is 0 Å². The van der Waals surface area contributed by atoms with Gasteiger partial charge in [0, 0.05) is 0 Å². The lowest BCUT2D eigenvalue weighted by Crippen LogP contribution is -2.52. The number of carboxylic acid groups (broad SMARTS) is 1. The first-order valence-corrected chi connectivity index (χ1v) is 4.59. The molecule has 1 rings (SSSR count). The molecule has 0 bridgehead atoms. The molecule has 0 aliphatic heterocycles. The van der Waals surface area contributed by atoms with E-state index < -0.39 is 17.4 Å². The first-order chi connectivity index (χ1) is 6.60. The maximum absolute atomic E-state index is 11.2. The summed E-state index contributed by atoms with van der Waals surface area (Å²) in [4.78, 5) is 22.2. The predicted octanol–water partition coefficient (Wildman–Crippen LogP) is 0.523. The molecule has 1 aliphatic carbocycles. The Morgan fingerprint density at radius 1 is 1.36 bits per heavy atom. The largest absolute Gasteiger partial charge is 0.480 e. The molecule has 2 N–H and O–H groups in total. The number of carbonyl (C=O) groups excluding carboxylic acids is 1. The average molecular weight is 195 g/mol. The quantitative estimate of drug-likeness (QED) is 0.631. The summed E-state index contributed by atoms with van der Waals surface area (Å²) in [6.07, 6.45) is 2.68. The van der Waals surface area contributed by atoms with E-state index in [1.54, 1.807) is 6.92 Å². The van der Waals surface area contributed by atoms with Gasteiger partial charge in [-0.3, -0.25) is 4.79 Å². The van der Waals surface area contributed by atoms with Crippen LogP contribution < -0.4 is 5.32 Å². The lowest BCUT2D eigenvalue weighted by Gasteiger charge is -2.23. The van der Waals surface area contributed by atoms with Gasteiger partial charge < -0.3 is 10.4 Å². The van der Waals surface area contributed by atoms with E-state index >= 15 is 0 Å². The molecule has 0 aromatic carbocycles. The molecule has 14 heavy (non-hydrogen) atoms. The topological polar surface area (TPSA) is 66.4 Å². The minimum atomic E-state index is -1.07. The van der Waals surface area contributed by atoms with Gasteiger partial charge in [0.2, 0.25) is 0 Å². The number of amides is 1. The van der Waals surface area contributed by atoms with Gasteiger partial charge in [-0.1, -0.05) is 18.8 Å². The number of aliphatic carboxylic acids is 1. The first kappa shape index (κ1) is 10.6. The summed E-state index contributed by atoms with van der Waals surface area (Å²) < 4.78 is 0. The van der Waals surface area contributed by atoms with Gasteiger partial charge in [0.1, 0.15) is 5.54 Å². The van der Waals surface area contributed by atoms with Crippen molar-refractivity contribution in [3.05, 3.63) is 0 Å². The van der Waals surface area contributed by atoms with Crippen LogP contribution in [0, 0.1) is 11.8 Å². The third-order valence-corrected chi connectivity index (χ3v) is 2.46. The molecule has 76 valence electrons. The fraction of sp³-hybridized carbons (Fsp3) is 0.600. The molecule has 0 spiro atoms. The Morgan fingerprint density at radius 2 is 1.93 bits per heavy atom. The third-order valence-electron chi connectivity index (χ3n) is 2.46. The van der Waals surface area contributed by atoms with E-state index in [9.17, 15) is 9.59 Å². The molecule has 1 aliphatic rings. The highest BCUT2D eigenvalue weighted by Crippen LogP contribution is 2.29. The van der Waals surface area contributed by atoms with Gasteiger partial charge in [-0.15, -0.1) is 0 Å². The highest BCUT2D eigenvalue weighted by Gasteiger charge is 2.42. The number of hydrogen-bond donors (Lipinski definition) is 2. The van der Waals surface area contributed by atoms with Crippen LogP contribution in [0.3, 0.4) is 0 Å². The highest BCUT2D eigenvalue weighted by molar-refractivity contribution is 5.97. The molecule has 4 heteroatoms. The Balaban J connectivity index is 2.73. The molecular formula is C10H13NO3. The molecule has 4 nitrogen and oxygen atoms in total. The summed E-state index contributed by atoms with van der Waals surface area (Å²) in [6.45, 7) is 1.54. The van der Waals surface area contributed by atoms with Gasteiger partial charge in [0.25, 0.3) is 5.91 Å². The SMILES string of the molecule is CC#CC(=O)NC1(C(=O)O)CCCC1. The first-order valence-electron chi connectivity index (χ1n) is 4.59. The molecule has 0 aromatic heterocycles. The predicted molar refractivity (Wildman–Crippen MR) is 50.4 cm³/mol. The van der Waals surface area contributed by atoms with Crippen molar-refractivity contribution in [2.24, 2.45) is 0 Å². The zero-order valence-electron chi connectivity index (χ0n) is 8.09. The molecule has 0 unspecified atom stereocenters. The van der Waals surface area contributed by atoms with Crippen LogP contribution in [0.15, 0.2) is 0 Å². The summed E-state index contributed by atoms with van der Waals surface area (Å²) >= 11 is 0. The molecule has 1 saturated carbocycles. The second-order valence-corrected chi connectivity index (χ2v) is 3.42. The molecular weight excluding hydrogens is 182 g/mol. The van der Waals surface area contributed by atoms with Gasteiger partial charge in [-0.25, -0.2) is 4.79 Å². The minimum Gasteiger partial charge on any atom is -0.480 e. The summed E-state index contributed by atoms with van der Waals surface area (Å²) in [6, 6.07) is 0. The Kier molecular flexibility index (Phi) is 3.13. The van der Waals surface area contributed by atoms with E-state index in [1.165, 1.54) is 0 Å². The second kappa shape index (κ2) is 4.14. The highest BCUT2D eigenvalue weighted by atomic mass is 16.4. The summed E-state index contributed by atoms with van der Waals surface area (Å²) in [5.41, 5.74) is -1.07. The van der Waals surface area contributed by atoms with Crippen molar-refractivity contribution in [3.63, 3.8) is 0 Å². The molecule has 0 radical (unpaired) electrons. The van der Waals surface area contributed by atoms with Crippen LogP contribution in [-0.2, 0) is 9.59 Å². The Hall–Kier alpha value is -1.50. The van der Waals surface area contributed by atoms with E-state index in [-0.39, 0.29) is 0 Å². The fourth-order valence-electron chi connectivity index (χ4n) is 1.73. The Bertz CT molecular complexity index is 305. The van der Waals surface area contributed by atoms with Crippen molar-refractivity contribution in [2.75, 3.05) is 0 Å². The lowest BCUT2D eigenvalue weighted by atomic mass is 9.98. The summed E-state index contributed by atoms with van der Waals surface area (Å²) in [5, 5.41) is 11.5. The number of nitrogens with one attached hydrogen (secondary N) is 1. The maximum atomic E-state index is 11.2. The van der Waals surface area contributed by atoms with E-state index in [1.807, 2.05) is 0 Å². The molecule has 0 aromatic rings. The van der Waals surface area contributed by atoms with Gasteiger partial charge in [0.05, 0.1) is 0 Å². The van der Waals surface area contributed by atoms with Crippen LogP contribution in [0.1, 0.15) is 32.6 Å². The second-order valence-electron chi connectivity index (χ2n) is 3.42. The molecule has 0 atom stereocenters. The monoisotopic (exact) mass is 195 g/mol. The van der Waals surface area contributed by atoms with E-state index in [4.69, 9.17) is 5.11 Å². The lowest BCUT2D eigenvalue weighted by molar-refractivity contribution is -0.146. The number of rotatable bonds is 2. The average Bonchev–Trinajstić information content (AvgIpc) is 2.54. The van der Waals surface area contributed by atoms with Gasteiger partial charge >= 0.3 is 5.97 Å². The fourth-order valence-corrected chi connectivity index (χ4v) is 1.73. The molecule has 1 amide bonds. The van der Waals surface area contributed by atoms with Crippen molar-refractivity contribution < 1.29 is 14.7 Å². The molecule has 0 heterocycles. The molecule has 0 saturated heterocycles. The van der Waals surface area contributed by atoms with Crippen molar-refractivity contribution in [1.29, 1.82) is 0 Å². The normalized spacial score (nSPS) is 18.1. The standard InChI is InChI=1S/C10H13NO3/c1-2-5-8(12)11-10(9(13)14)6-3-4-7-10/h3-4,6-7H2,1H3,(H,11,12)(H,13,14). The van der Waals surface area contributed by atoms with E-state index in [0.717, 1.165) is 12.8 Å². The van der Waals surface area contributed by atoms with Crippen LogP contribution >= 0.6 is 0 Å². The Morgan fingerprint density at radius 3 is 2.36 bits per heavy atom. The van der Waals surface area contributed by atoms with Crippen molar-refractivity contribution in [2.45, 2.75) is 38.1 Å². The number of hydrogen-bond acceptors (Lipinski definition) is 2. The van der Waals surface area contributed by atoms with Gasteiger partial charge in [-0.05, 0) is 25.7 Å². The minimum absolute atomic E-state index is 0.499. The zero-order chi connectivity index (χ0) is 10.6. The zero-order valence-corrected chi connectivity index (χ0v) is 8.09. The van der Waals surface area contributed by atoms with Crippen molar-refractivity contribution >= 4 is 11.9 Å². The number of carbonyl (C=O) groups is 2. The van der Waals surface area contributed by atoms with Gasteiger partial charge in [-0.2, -0.15) is 0 Å². The van der Waals surface area contributed by atoms with Gasteiger partial charge in [0.15, 0.2) is 0 Å². The third kappa shape index (κ3) is 2.05. The maximum Gasteiger partial charge on any atom is 0.329 e. The van der Waals surface area contributed by atoms with Crippen LogP contribution in [0.2, 0.25) is 0 Å². The Labute approximate surface area is 82.7 Å². The van der Waals surface area contributed by atoms with Crippen LogP contribution in [0.4, 0.5) is 0 Å². The number of carboxylic acids is 1. The van der Waals surface area contributed by atoms with Crippen molar-refractivity contribution in [3.8, 4) is 11.8 Å². The van der Waals surface area contributed by atoms with Crippen molar-refractivity contribution in [1.82, 2.24) is 5.32 Å². The summed E-state index contributed by atoms with van der Waals surface area (Å²) in [7, 11) is 0. The smallest absolute Gasteiger partial charge is 0.329 e. The summed E-state index contributed by atoms with van der Waals surface area (Å²) in [5.74, 6) is 3.27. The van der Waals surface area contributed by atoms with Crippen LogP contribution in [-0.4, -0.2) is 22.5 Å². The molecule has 1 fully saturated rings. The van der Waals surface area contributed by atoms with Crippen LogP contribution in [0.5, 0.6) is 0 Å². The van der Waals surface area contributed by atoms with E-state index in [2.05, 4.69) is 17.2 Å². The van der Waals surface area contributed by atoms with E-state index in [0.29, 0.717) is 12.8 Å².